The molecule has 0 radical (unpaired) electrons. The quantitative estimate of drug-likeness (QED) is 0.758. The zero-order valence-electron chi connectivity index (χ0n) is 15.2. The van der Waals surface area contributed by atoms with E-state index in [-0.39, 0.29) is 17.9 Å². The van der Waals surface area contributed by atoms with Crippen LogP contribution in [0.5, 0.6) is 0 Å². The summed E-state index contributed by atoms with van der Waals surface area (Å²) in [6, 6.07) is 4.32. The average Bonchev–Trinajstić information content (AvgIpc) is 2.90. The van der Waals surface area contributed by atoms with Crippen LogP contribution < -0.4 is 10.6 Å². The van der Waals surface area contributed by atoms with E-state index >= 15 is 0 Å². The van der Waals surface area contributed by atoms with Crippen molar-refractivity contribution in [2.75, 3.05) is 5.32 Å². The molecule has 7 heteroatoms. The first-order chi connectivity index (χ1) is 12.5. The first kappa shape index (κ1) is 16.5. The van der Waals surface area contributed by atoms with Crippen LogP contribution in [0.25, 0.3) is 5.65 Å². The number of anilines is 1. The number of carbonyl (C=O) groups excluding carboxylic acids is 1. The molecule has 0 saturated heterocycles. The lowest BCUT2D eigenvalue weighted by Gasteiger charge is -2.16. The summed E-state index contributed by atoms with van der Waals surface area (Å²) in [6.45, 7) is 6.57. The Hall–Kier alpha value is -2.96. The summed E-state index contributed by atoms with van der Waals surface area (Å²) < 4.78 is 2.09. The van der Waals surface area contributed by atoms with Crippen molar-refractivity contribution in [1.29, 1.82) is 0 Å². The molecular weight excluding hydrogens is 328 g/mol. The Labute approximate surface area is 151 Å². The molecule has 0 aromatic carbocycles. The molecular formula is C19H22N6O. The second-order valence-electron chi connectivity index (χ2n) is 7.00. The highest BCUT2D eigenvalue weighted by atomic mass is 16.1. The van der Waals surface area contributed by atoms with E-state index in [9.17, 15) is 4.79 Å². The normalized spacial score (nSPS) is 17.1. The molecule has 3 aromatic rings. The third-order valence-electron chi connectivity index (χ3n) is 4.62. The van der Waals surface area contributed by atoms with Crippen molar-refractivity contribution in [3.63, 3.8) is 0 Å². The minimum absolute atomic E-state index is 0.0128. The molecule has 1 aliphatic rings. The number of aromatic nitrogens is 4. The molecule has 1 aliphatic heterocycles. The Morgan fingerprint density at radius 2 is 2.08 bits per heavy atom. The van der Waals surface area contributed by atoms with Crippen LogP contribution in [0.4, 0.5) is 5.95 Å². The van der Waals surface area contributed by atoms with Gasteiger partial charge < -0.3 is 15.0 Å². The smallest absolute Gasteiger partial charge is 0.222 e. The summed E-state index contributed by atoms with van der Waals surface area (Å²) in [6.07, 6.45) is 5.97. The summed E-state index contributed by atoms with van der Waals surface area (Å²) in [7, 11) is 0. The van der Waals surface area contributed by atoms with E-state index in [1.54, 1.807) is 12.4 Å². The fraction of sp³-hybridized carbons (Fsp3) is 0.368. The predicted molar refractivity (Wildman–Crippen MR) is 99.0 cm³/mol. The Bertz CT molecular complexity index is 960. The lowest BCUT2D eigenvalue weighted by molar-refractivity contribution is -0.121. The van der Waals surface area contributed by atoms with Gasteiger partial charge in [0, 0.05) is 37.0 Å². The van der Waals surface area contributed by atoms with Crippen LogP contribution in [0.1, 0.15) is 48.7 Å². The minimum atomic E-state index is -0.127. The zero-order chi connectivity index (χ0) is 18.3. The molecule has 7 nitrogen and oxygen atoms in total. The largest absolute Gasteiger partial charge is 0.352 e. The number of amides is 1. The van der Waals surface area contributed by atoms with Gasteiger partial charge in [0.15, 0.2) is 0 Å². The Morgan fingerprint density at radius 1 is 1.31 bits per heavy atom. The summed E-state index contributed by atoms with van der Waals surface area (Å²) in [4.78, 5) is 25.9. The number of hydrogen-bond donors (Lipinski definition) is 2. The van der Waals surface area contributed by atoms with Gasteiger partial charge in [0.2, 0.25) is 11.9 Å². The number of aryl methyl sites for hydroxylation is 1. The molecule has 0 saturated carbocycles. The number of fused-ring (bicyclic) bond motifs is 3. The number of pyridine rings is 1. The molecule has 0 aliphatic carbocycles. The highest BCUT2D eigenvalue weighted by Gasteiger charge is 2.29. The van der Waals surface area contributed by atoms with Crippen molar-refractivity contribution in [3.05, 3.63) is 53.2 Å². The van der Waals surface area contributed by atoms with Gasteiger partial charge >= 0.3 is 0 Å². The van der Waals surface area contributed by atoms with E-state index in [1.807, 2.05) is 39.1 Å². The van der Waals surface area contributed by atoms with Gasteiger partial charge in [-0.1, -0.05) is 6.07 Å². The van der Waals surface area contributed by atoms with Crippen LogP contribution in [0.2, 0.25) is 0 Å². The number of rotatable bonds is 3. The van der Waals surface area contributed by atoms with Crippen molar-refractivity contribution in [1.82, 2.24) is 24.7 Å². The van der Waals surface area contributed by atoms with Crippen LogP contribution in [-0.4, -0.2) is 31.3 Å². The molecule has 0 fully saturated rings. The standard InChI is InChI=1S/C19H22N6O/c1-11(2)23-19-21-8-13(9-22-19)14-7-16(26)20-10-15-17(14)25-6-4-5-12(3)18(25)24-15/h4-6,8-9,11,14H,7,10H2,1-3H3,(H,20,26)(H,21,22,23)/t14-/m0/s1. The number of nitrogens with one attached hydrogen (secondary N) is 2. The summed E-state index contributed by atoms with van der Waals surface area (Å²) in [5.41, 5.74) is 4.90. The summed E-state index contributed by atoms with van der Waals surface area (Å²) in [5.74, 6) is 0.479. The van der Waals surface area contributed by atoms with Gasteiger partial charge in [0.1, 0.15) is 5.65 Å². The SMILES string of the molecule is Cc1cccn2c3c(nc12)CNC(=O)C[C@H]3c1cnc(NC(C)C)nc1. The van der Waals surface area contributed by atoms with E-state index in [1.165, 1.54) is 0 Å². The Balaban J connectivity index is 1.82. The van der Waals surface area contributed by atoms with Crippen molar-refractivity contribution >= 4 is 17.5 Å². The van der Waals surface area contributed by atoms with Crippen LogP contribution in [-0.2, 0) is 11.3 Å². The molecule has 2 N–H and O–H groups in total. The molecule has 0 spiro atoms. The number of carbonyl (C=O) groups is 1. The first-order valence-corrected chi connectivity index (χ1v) is 8.84. The van der Waals surface area contributed by atoms with Crippen LogP contribution in [0.15, 0.2) is 30.7 Å². The van der Waals surface area contributed by atoms with Gasteiger partial charge in [-0.05, 0) is 38.0 Å². The maximum absolute atomic E-state index is 12.2. The van der Waals surface area contributed by atoms with Crippen LogP contribution >= 0.6 is 0 Å². The molecule has 1 amide bonds. The van der Waals surface area contributed by atoms with Crippen molar-refractivity contribution in [2.24, 2.45) is 0 Å². The molecule has 3 aromatic heterocycles. The van der Waals surface area contributed by atoms with Gasteiger partial charge in [-0.15, -0.1) is 0 Å². The van der Waals surface area contributed by atoms with Crippen LogP contribution in [0.3, 0.4) is 0 Å². The number of hydrogen-bond acceptors (Lipinski definition) is 5. The van der Waals surface area contributed by atoms with Crippen LogP contribution in [0, 0.1) is 6.92 Å². The van der Waals surface area contributed by atoms with E-state index in [0.717, 1.165) is 28.2 Å². The molecule has 1 atom stereocenters. The summed E-state index contributed by atoms with van der Waals surface area (Å²) in [5, 5.41) is 6.14. The van der Waals surface area contributed by atoms with Gasteiger partial charge in [-0.25, -0.2) is 15.0 Å². The second-order valence-corrected chi connectivity index (χ2v) is 7.00. The van der Waals surface area contributed by atoms with Crippen molar-refractivity contribution in [3.8, 4) is 0 Å². The lowest BCUT2D eigenvalue weighted by Crippen LogP contribution is -2.21. The third-order valence-corrected chi connectivity index (χ3v) is 4.62. The fourth-order valence-electron chi connectivity index (χ4n) is 3.43. The third kappa shape index (κ3) is 2.89. The number of nitrogens with zero attached hydrogens (tertiary/aromatic N) is 4. The van der Waals surface area contributed by atoms with E-state index in [0.29, 0.717) is 18.9 Å². The molecule has 0 unspecified atom stereocenters. The van der Waals surface area contributed by atoms with E-state index < -0.39 is 0 Å². The minimum Gasteiger partial charge on any atom is -0.352 e. The highest BCUT2D eigenvalue weighted by molar-refractivity contribution is 5.78. The first-order valence-electron chi connectivity index (χ1n) is 8.84. The fourth-order valence-corrected chi connectivity index (χ4v) is 3.43. The Morgan fingerprint density at radius 3 is 2.81 bits per heavy atom. The molecule has 4 rings (SSSR count). The monoisotopic (exact) mass is 350 g/mol. The van der Waals surface area contributed by atoms with E-state index in [4.69, 9.17) is 4.98 Å². The van der Waals surface area contributed by atoms with E-state index in [2.05, 4.69) is 25.0 Å². The number of imidazole rings is 1. The maximum Gasteiger partial charge on any atom is 0.222 e. The maximum atomic E-state index is 12.2. The van der Waals surface area contributed by atoms with Gasteiger partial charge in [-0.2, -0.15) is 0 Å². The predicted octanol–water partition coefficient (Wildman–Crippen LogP) is 2.40. The van der Waals surface area contributed by atoms with Gasteiger partial charge in [0.25, 0.3) is 0 Å². The average molecular weight is 350 g/mol. The topological polar surface area (TPSA) is 84.2 Å². The van der Waals surface area contributed by atoms with Crippen molar-refractivity contribution in [2.45, 2.75) is 45.7 Å². The Kier molecular flexibility index (Phi) is 4.06. The second kappa shape index (κ2) is 6.40. The lowest BCUT2D eigenvalue weighted by atomic mass is 9.94. The van der Waals surface area contributed by atoms with Crippen molar-refractivity contribution < 1.29 is 4.79 Å². The molecule has 134 valence electrons. The molecule has 4 heterocycles. The molecule has 0 bridgehead atoms. The molecule has 26 heavy (non-hydrogen) atoms. The van der Waals surface area contributed by atoms with Gasteiger partial charge in [0.05, 0.1) is 17.9 Å². The highest BCUT2D eigenvalue weighted by Crippen LogP contribution is 2.33. The van der Waals surface area contributed by atoms with Gasteiger partial charge in [-0.3, -0.25) is 4.79 Å². The summed E-state index contributed by atoms with van der Waals surface area (Å²) >= 11 is 0. The zero-order valence-corrected chi connectivity index (χ0v) is 15.2.